The van der Waals surface area contributed by atoms with E-state index < -0.39 is 10.0 Å². The van der Waals surface area contributed by atoms with Gasteiger partial charge in [-0.2, -0.15) is 0 Å². The van der Waals surface area contributed by atoms with Gasteiger partial charge in [0, 0.05) is 39.3 Å². The second-order valence-corrected chi connectivity index (χ2v) is 8.98. The molecule has 0 radical (unpaired) electrons. The summed E-state index contributed by atoms with van der Waals surface area (Å²) in [6, 6.07) is 0. The van der Waals surface area contributed by atoms with Crippen molar-refractivity contribution in [1.82, 2.24) is 14.5 Å². The highest BCUT2D eigenvalue weighted by atomic mass is 127. The molecule has 0 spiro atoms. The number of guanidine groups is 1. The van der Waals surface area contributed by atoms with Gasteiger partial charge in [-0.1, -0.05) is 6.92 Å². The molecule has 2 rings (SSSR count). The topological polar surface area (TPSA) is 65.0 Å². The van der Waals surface area contributed by atoms with Crippen molar-refractivity contribution in [2.24, 2.45) is 16.8 Å². The predicted octanol–water partition coefficient (Wildman–Crippen LogP) is 1.97. The Morgan fingerprint density at radius 2 is 1.88 bits per heavy atom. The van der Waals surface area contributed by atoms with Gasteiger partial charge in [-0.3, -0.25) is 4.99 Å². The van der Waals surface area contributed by atoms with Crippen LogP contribution in [0.4, 0.5) is 0 Å². The van der Waals surface area contributed by atoms with E-state index in [9.17, 15) is 8.42 Å². The van der Waals surface area contributed by atoms with Gasteiger partial charge in [-0.15, -0.1) is 24.0 Å². The average Bonchev–Trinajstić information content (AvgIpc) is 2.51. The van der Waals surface area contributed by atoms with Gasteiger partial charge < -0.3 is 10.2 Å². The van der Waals surface area contributed by atoms with Gasteiger partial charge in [-0.25, -0.2) is 12.7 Å². The summed E-state index contributed by atoms with van der Waals surface area (Å²) in [4.78, 5) is 7.22. The Labute approximate surface area is 164 Å². The third-order valence-corrected chi connectivity index (χ3v) is 6.14. The van der Waals surface area contributed by atoms with E-state index in [0.29, 0.717) is 19.0 Å². The van der Waals surface area contributed by atoms with Crippen LogP contribution in [0.15, 0.2) is 4.99 Å². The summed E-state index contributed by atoms with van der Waals surface area (Å²) in [7, 11) is -3.04. The van der Waals surface area contributed by atoms with Crippen LogP contribution in [-0.4, -0.2) is 69.1 Å². The first-order valence-corrected chi connectivity index (χ1v) is 10.7. The number of likely N-dealkylation sites (tertiary alicyclic amines) is 1. The van der Waals surface area contributed by atoms with E-state index in [2.05, 4.69) is 24.1 Å². The van der Waals surface area contributed by atoms with Crippen LogP contribution in [0.2, 0.25) is 0 Å². The smallest absolute Gasteiger partial charge is 0.211 e. The van der Waals surface area contributed by atoms with Crippen LogP contribution in [0.25, 0.3) is 0 Å². The second kappa shape index (κ2) is 10.2. The number of aliphatic imine (C=N–C) groups is 1. The Morgan fingerprint density at radius 1 is 1.21 bits per heavy atom. The predicted molar refractivity (Wildman–Crippen MR) is 111 cm³/mol. The zero-order chi connectivity index (χ0) is 16.9. The van der Waals surface area contributed by atoms with Gasteiger partial charge in [0.15, 0.2) is 5.96 Å². The number of nitrogens with one attached hydrogen (secondary N) is 1. The lowest BCUT2D eigenvalue weighted by Gasteiger charge is -2.34. The molecule has 0 aromatic rings. The molecule has 0 bridgehead atoms. The average molecular weight is 472 g/mol. The summed E-state index contributed by atoms with van der Waals surface area (Å²) in [5, 5.41) is 3.42. The Bertz CT molecular complexity index is 504. The van der Waals surface area contributed by atoms with Crippen molar-refractivity contribution in [3.8, 4) is 0 Å². The van der Waals surface area contributed by atoms with Gasteiger partial charge in [0.25, 0.3) is 0 Å². The molecular weight excluding hydrogens is 439 g/mol. The molecule has 0 aromatic heterocycles. The second-order valence-electron chi connectivity index (χ2n) is 6.99. The standard InChI is InChI=1S/C16H32N4O2S.HI/c1-4-17-16(19-9-5-6-14(2)13-19)18-12-15-7-10-20(11-8-15)23(3,21)22;/h14-15H,4-13H2,1-3H3,(H,17,18);1H. The number of sulfonamides is 1. The van der Waals surface area contributed by atoms with Crippen molar-refractivity contribution >= 4 is 40.0 Å². The van der Waals surface area contributed by atoms with Crippen LogP contribution in [0.3, 0.4) is 0 Å². The zero-order valence-corrected chi connectivity index (χ0v) is 18.3. The van der Waals surface area contributed by atoms with E-state index in [-0.39, 0.29) is 24.0 Å². The fourth-order valence-corrected chi connectivity index (χ4v) is 4.32. The number of halogens is 1. The Balaban J connectivity index is 0.00000288. The van der Waals surface area contributed by atoms with Crippen molar-refractivity contribution in [3.63, 3.8) is 0 Å². The molecule has 0 aliphatic carbocycles. The Morgan fingerprint density at radius 3 is 2.42 bits per heavy atom. The quantitative estimate of drug-likeness (QED) is 0.386. The van der Waals surface area contributed by atoms with E-state index in [1.165, 1.54) is 19.1 Å². The molecule has 6 nitrogen and oxygen atoms in total. The fourth-order valence-electron chi connectivity index (χ4n) is 3.45. The zero-order valence-electron chi connectivity index (χ0n) is 15.2. The van der Waals surface area contributed by atoms with Gasteiger partial charge in [0.1, 0.15) is 0 Å². The van der Waals surface area contributed by atoms with Crippen molar-refractivity contribution in [3.05, 3.63) is 0 Å². The molecule has 0 aromatic carbocycles. The van der Waals surface area contributed by atoms with Crippen LogP contribution in [0, 0.1) is 11.8 Å². The third kappa shape index (κ3) is 6.67. The minimum atomic E-state index is -3.04. The van der Waals surface area contributed by atoms with Crippen LogP contribution in [-0.2, 0) is 10.0 Å². The lowest BCUT2D eigenvalue weighted by atomic mass is 9.98. The first-order valence-electron chi connectivity index (χ1n) is 8.88. The van der Waals surface area contributed by atoms with E-state index in [1.807, 2.05) is 0 Å². The minimum absolute atomic E-state index is 0. The number of hydrogen-bond acceptors (Lipinski definition) is 3. The maximum absolute atomic E-state index is 11.6. The summed E-state index contributed by atoms with van der Waals surface area (Å²) >= 11 is 0. The summed E-state index contributed by atoms with van der Waals surface area (Å²) < 4.78 is 24.7. The monoisotopic (exact) mass is 472 g/mol. The third-order valence-electron chi connectivity index (χ3n) is 4.83. The molecule has 2 heterocycles. The Kier molecular flexibility index (Phi) is 9.29. The van der Waals surface area contributed by atoms with E-state index in [1.54, 1.807) is 4.31 Å². The van der Waals surface area contributed by atoms with Crippen molar-refractivity contribution in [2.75, 3.05) is 45.5 Å². The highest BCUT2D eigenvalue weighted by Crippen LogP contribution is 2.20. The van der Waals surface area contributed by atoms with Crippen LogP contribution >= 0.6 is 24.0 Å². The lowest BCUT2D eigenvalue weighted by Crippen LogP contribution is -2.46. The molecule has 1 atom stereocenters. The van der Waals surface area contributed by atoms with Gasteiger partial charge >= 0.3 is 0 Å². The first-order chi connectivity index (χ1) is 10.9. The molecule has 24 heavy (non-hydrogen) atoms. The van der Waals surface area contributed by atoms with Crippen molar-refractivity contribution < 1.29 is 8.42 Å². The molecule has 2 aliphatic heterocycles. The summed E-state index contributed by atoms with van der Waals surface area (Å²) in [6.07, 6.45) is 5.66. The summed E-state index contributed by atoms with van der Waals surface area (Å²) in [6.45, 7) is 9.53. The fraction of sp³-hybridized carbons (Fsp3) is 0.938. The van der Waals surface area contributed by atoms with E-state index in [0.717, 1.165) is 50.9 Å². The van der Waals surface area contributed by atoms with Crippen LogP contribution in [0.1, 0.15) is 39.5 Å². The van der Waals surface area contributed by atoms with Crippen LogP contribution in [0.5, 0.6) is 0 Å². The van der Waals surface area contributed by atoms with Crippen LogP contribution < -0.4 is 5.32 Å². The maximum Gasteiger partial charge on any atom is 0.211 e. The summed E-state index contributed by atoms with van der Waals surface area (Å²) in [5.74, 6) is 2.25. The normalized spacial score (nSPS) is 24.5. The highest BCUT2D eigenvalue weighted by Gasteiger charge is 2.25. The van der Waals surface area contributed by atoms with E-state index >= 15 is 0 Å². The first kappa shape index (κ1) is 22.0. The molecule has 8 heteroatoms. The molecule has 0 saturated carbocycles. The number of nitrogens with zero attached hydrogens (tertiary/aromatic N) is 3. The van der Waals surface area contributed by atoms with Gasteiger partial charge in [0.05, 0.1) is 6.26 Å². The maximum atomic E-state index is 11.6. The van der Waals surface area contributed by atoms with Gasteiger partial charge in [0.2, 0.25) is 10.0 Å². The molecule has 2 saturated heterocycles. The number of piperidine rings is 2. The molecule has 0 amide bonds. The summed E-state index contributed by atoms with van der Waals surface area (Å²) in [5.41, 5.74) is 0. The number of rotatable bonds is 4. The molecule has 2 aliphatic rings. The minimum Gasteiger partial charge on any atom is -0.357 e. The van der Waals surface area contributed by atoms with Crippen molar-refractivity contribution in [1.29, 1.82) is 0 Å². The molecule has 1 N–H and O–H groups in total. The lowest BCUT2D eigenvalue weighted by molar-refractivity contribution is 0.261. The number of hydrogen-bond donors (Lipinski definition) is 1. The molecular formula is C16H33IN4O2S. The SMILES string of the molecule is CCNC(=NCC1CCN(S(C)(=O)=O)CC1)N1CCCC(C)C1.I. The van der Waals surface area contributed by atoms with E-state index in [4.69, 9.17) is 4.99 Å². The van der Waals surface area contributed by atoms with Crippen molar-refractivity contribution in [2.45, 2.75) is 39.5 Å². The van der Waals surface area contributed by atoms with Gasteiger partial charge in [-0.05, 0) is 44.4 Å². The largest absolute Gasteiger partial charge is 0.357 e. The molecule has 2 fully saturated rings. The molecule has 142 valence electrons. The Hall–Kier alpha value is -0.0900. The highest BCUT2D eigenvalue weighted by molar-refractivity contribution is 14.0. The molecule has 1 unspecified atom stereocenters.